The van der Waals surface area contributed by atoms with Gasteiger partial charge in [-0.05, 0) is 24.1 Å². The second-order valence-corrected chi connectivity index (χ2v) is 4.58. The van der Waals surface area contributed by atoms with Gasteiger partial charge in [-0.1, -0.05) is 13.0 Å². The van der Waals surface area contributed by atoms with Crippen LogP contribution >= 0.6 is 0 Å². The van der Waals surface area contributed by atoms with Crippen LogP contribution in [0.3, 0.4) is 0 Å². The van der Waals surface area contributed by atoms with E-state index in [0.717, 1.165) is 17.1 Å². The van der Waals surface area contributed by atoms with Crippen molar-refractivity contribution in [1.82, 2.24) is 0 Å². The molecule has 4 nitrogen and oxygen atoms in total. The third-order valence-corrected chi connectivity index (χ3v) is 3.57. The van der Waals surface area contributed by atoms with Crippen molar-refractivity contribution >= 4 is 5.97 Å². The summed E-state index contributed by atoms with van der Waals surface area (Å²) >= 11 is 0. The molecule has 16 heavy (non-hydrogen) atoms. The van der Waals surface area contributed by atoms with Gasteiger partial charge in [-0.2, -0.15) is 0 Å². The van der Waals surface area contributed by atoms with E-state index in [1.54, 1.807) is 0 Å². The Labute approximate surface area is 92.8 Å². The van der Waals surface area contributed by atoms with Crippen molar-refractivity contribution < 1.29 is 19.4 Å². The fourth-order valence-corrected chi connectivity index (χ4v) is 2.30. The van der Waals surface area contributed by atoms with Crippen LogP contribution < -0.4 is 9.47 Å². The minimum Gasteiger partial charge on any atom is -0.481 e. The Hall–Kier alpha value is -1.71. The number of carboxylic acid groups (broad SMARTS) is 1. The zero-order chi connectivity index (χ0) is 11.3. The quantitative estimate of drug-likeness (QED) is 0.825. The molecule has 1 fully saturated rings. The minimum absolute atomic E-state index is 0.243. The van der Waals surface area contributed by atoms with Crippen LogP contribution in [0.2, 0.25) is 0 Å². The summed E-state index contributed by atoms with van der Waals surface area (Å²) in [5.74, 6) is 0.461. The average molecular weight is 220 g/mol. The molecule has 2 aliphatic rings. The van der Waals surface area contributed by atoms with Crippen LogP contribution in [0, 0.1) is 5.92 Å². The summed E-state index contributed by atoms with van der Waals surface area (Å²) in [5, 5.41) is 8.99. The lowest BCUT2D eigenvalue weighted by atomic mass is 9.95. The first kappa shape index (κ1) is 9.51. The second kappa shape index (κ2) is 2.90. The Balaban J connectivity index is 1.94. The summed E-state index contributed by atoms with van der Waals surface area (Å²) in [5.41, 5.74) is 0.774. The van der Waals surface area contributed by atoms with E-state index in [4.69, 9.17) is 14.6 Å². The third-order valence-electron chi connectivity index (χ3n) is 3.57. The number of fused-ring (bicyclic) bond motifs is 1. The van der Waals surface area contributed by atoms with Crippen molar-refractivity contribution in [2.75, 3.05) is 6.79 Å². The van der Waals surface area contributed by atoms with Gasteiger partial charge in [0.2, 0.25) is 6.79 Å². The van der Waals surface area contributed by atoms with Gasteiger partial charge >= 0.3 is 5.97 Å². The van der Waals surface area contributed by atoms with E-state index in [-0.39, 0.29) is 18.1 Å². The van der Waals surface area contributed by atoms with Crippen LogP contribution in [0.15, 0.2) is 18.2 Å². The second-order valence-electron chi connectivity index (χ2n) is 4.58. The zero-order valence-electron chi connectivity index (χ0n) is 8.90. The summed E-state index contributed by atoms with van der Waals surface area (Å²) in [6, 6.07) is 5.67. The highest BCUT2D eigenvalue weighted by Gasteiger charge is 2.56. The maximum Gasteiger partial charge on any atom is 0.307 e. The maximum absolute atomic E-state index is 10.9. The molecule has 1 N–H and O–H groups in total. The number of carboxylic acids is 1. The minimum atomic E-state index is -0.722. The summed E-state index contributed by atoms with van der Waals surface area (Å²) in [4.78, 5) is 10.9. The Morgan fingerprint density at radius 1 is 1.44 bits per heavy atom. The predicted octanol–water partition coefficient (Wildman–Crippen LogP) is 1.78. The lowest BCUT2D eigenvalue weighted by Crippen LogP contribution is -2.10. The van der Waals surface area contributed by atoms with Crippen LogP contribution in [-0.4, -0.2) is 17.9 Å². The monoisotopic (exact) mass is 220 g/mol. The van der Waals surface area contributed by atoms with E-state index in [1.165, 1.54) is 0 Å². The third kappa shape index (κ3) is 1.19. The predicted molar refractivity (Wildman–Crippen MR) is 55.7 cm³/mol. The highest BCUT2D eigenvalue weighted by Crippen LogP contribution is 2.55. The number of rotatable bonds is 2. The number of aliphatic carboxylic acids is 1. The molecule has 1 saturated carbocycles. The lowest BCUT2D eigenvalue weighted by Gasteiger charge is -2.10. The largest absolute Gasteiger partial charge is 0.481 e. The topological polar surface area (TPSA) is 55.8 Å². The molecule has 2 atom stereocenters. The normalized spacial score (nSPS) is 30.2. The maximum atomic E-state index is 10.9. The molecule has 0 saturated heterocycles. The van der Waals surface area contributed by atoms with Crippen molar-refractivity contribution in [3.63, 3.8) is 0 Å². The average Bonchev–Trinajstić information content (AvgIpc) is 2.75. The number of hydrogen-bond acceptors (Lipinski definition) is 3. The molecule has 84 valence electrons. The fraction of sp³-hybridized carbons (Fsp3) is 0.417. The molecule has 3 rings (SSSR count). The van der Waals surface area contributed by atoms with Crippen molar-refractivity contribution in [1.29, 1.82) is 0 Å². The smallest absolute Gasteiger partial charge is 0.307 e. The molecule has 4 heteroatoms. The molecule has 1 aromatic rings. The lowest BCUT2D eigenvalue weighted by molar-refractivity contribution is -0.138. The molecule has 1 aromatic carbocycles. The molecule has 0 aromatic heterocycles. The fourth-order valence-electron chi connectivity index (χ4n) is 2.30. The Bertz CT molecular complexity index is 468. The van der Waals surface area contributed by atoms with E-state index >= 15 is 0 Å². The van der Waals surface area contributed by atoms with E-state index in [0.29, 0.717) is 6.42 Å². The van der Waals surface area contributed by atoms with Crippen LogP contribution in [-0.2, 0) is 10.2 Å². The molecule has 1 aliphatic heterocycles. The molecule has 0 bridgehead atoms. The molecule has 1 aliphatic carbocycles. The van der Waals surface area contributed by atoms with E-state index in [1.807, 2.05) is 25.1 Å². The van der Waals surface area contributed by atoms with Gasteiger partial charge in [-0.3, -0.25) is 4.79 Å². The van der Waals surface area contributed by atoms with Crippen LogP contribution in [0.25, 0.3) is 0 Å². The van der Waals surface area contributed by atoms with Crippen LogP contribution in [0.1, 0.15) is 18.9 Å². The van der Waals surface area contributed by atoms with Crippen LogP contribution in [0.5, 0.6) is 11.5 Å². The van der Waals surface area contributed by atoms with Gasteiger partial charge in [0.25, 0.3) is 0 Å². The molecule has 2 unspecified atom stereocenters. The summed E-state index contributed by atoms with van der Waals surface area (Å²) in [6.45, 7) is 2.22. The van der Waals surface area contributed by atoms with E-state index < -0.39 is 5.97 Å². The van der Waals surface area contributed by atoms with Gasteiger partial charge in [0.05, 0.1) is 5.92 Å². The van der Waals surface area contributed by atoms with Crippen LogP contribution in [0.4, 0.5) is 0 Å². The Morgan fingerprint density at radius 3 is 2.88 bits per heavy atom. The summed E-state index contributed by atoms with van der Waals surface area (Å²) in [7, 11) is 0. The molecule has 0 spiro atoms. The van der Waals surface area contributed by atoms with Gasteiger partial charge in [0, 0.05) is 5.41 Å². The van der Waals surface area contributed by atoms with Crippen molar-refractivity contribution in [2.24, 2.45) is 5.92 Å². The molecule has 1 heterocycles. The van der Waals surface area contributed by atoms with Gasteiger partial charge < -0.3 is 14.6 Å². The SMILES string of the molecule is CC1(c2ccc3c(c2)OCO3)CC1C(=O)O. The van der Waals surface area contributed by atoms with Gasteiger partial charge in [-0.25, -0.2) is 0 Å². The van der Waals surface area contributed by atoms with Crippen molar-refractivity contribution in [3.05, 3.63) is 23.8 Å². The molecule has 0 radical (unpaired) electrons. The van der Waals surface area contributed by atoms with Crippen molar-refractivity contribution in [3.8, 4) is 11.5 Å². The van der Waals surface area contributed by atoms with E-state index in [2.05, 4.69) is 0 Å². The first-order valence-corrected chi connectivity index (χ1v) is 5.24. The molecule has 0 amide bonds. The number of benzene rings is 1. The highest BCUT2D eigenvalue weighted by atomic mass is 16.7. The van der Waals surface area contributed by atoms with Gasteiger partial charge in [-0.15, -0.1) is 0 Å². The standard InChI is InChI=1S/C12H12O4/c1-12(5-8(12)11(13)14)7-2-3-9-10(4-7)16-6-15-9/h2-4,8H,5-6H2,1H3,(H,13,14). The first-order valence-electron chi connectivity index (χ1n) is 5.24. The molecular formula is C12H12O4. The number of ether oxygens (including phenoxy) is 2. The Kier molecular flexibility index (Phi) is 1.73. The van der Waals surface area contributed by atoms with Gasteiger partial charge in [0.1, 0.15) is 0 Å². The number of hydrogen-bond donors (Lipinski definition) is 1. The van der Waals surface area contributed by atoms with E-state index in [9.17, 15) is 4.79 Å². The Morgan fingerprint density at radius 2 is 2.19 bits per heavy atom. The summed E-state index contributed by atoms with van der Waals surface area (Å²) < 4.78 is 10.5. The number of carbonyl (C=O) groups is 1. The molecular weight excluding hydrogens is 208 g/mol. The summed E-state index contributed by atoms with van der Waals surface area (Å²) in [6.07, 6.45) is 0.696. The zero-order valence-corrected chi connectivity index (χ0v) is 8.90. The van der Waals surface area contributed by atoms with Crippen molar-refractivity contribution in [2.45, 2.75) is 18.8 Å². The first-order chi connectivity index (χ1) is 7.61. The highest BCUT2D eigenvalue weighted by molar-refractivity contribution is 5.77. The van der Waals surface area contributed by atoms with Gasteiger partial charge in [0.15, 0.2) is 11.5 Å².